The van der Waals surface area contributed by atoms with Gasteiger partial charge in [-0.3, -0.25) is 0 Å². The van der Waals surface area contributed by atoms with E-state index in [1.165, 1.54) is 13.2 Å². The fourth-order valence-corrected chi connectivity index (χ4v) is 1.84. The van der Waals surface area contributed by atoms with Crippen LogP contribution in [-0.4, -0.2) is 19.7 Å². The molecule has 0 saturated heterocycles. The lowest BCUT2D eigenvalue weighted by Crippen LogP contribution is -2.01. The number of benzene rings is 1. The van der Waals surface area contributed by atoms with Crippen molar-refractivity contribution in [3.05, 3.63) is 58.9 Å². The molecule has 0 atom stereocenters. The predicted octanol–water partition coefficient (Wildman–Crippen LogP) is 3.30. The van der Waals surface area contributed by atoms with E-state index in [1.807, 2.05) is 31.2 Å². The zero-order valence-corrected chi connectivity index (χ0v) is 13.2. The number of carbonyl (C=O) groups is 1. The average molecular weight is 310 g/mol. The lowest BCUT2D eigenvalue weighted by atomic mass is 10.0. The molecule has 0 N–H and O–H groups in total. The predicted molar refractivity (Wildman–Crippen MR) is 85.1 cm³/mol. The third-order valence-corrected chi connectivity index (χ3v) is 3.05. The summed E-state index contributed by atoms with van der Waals surface area (Å²) in [4.78, 5) is 11.4. The highest BCUT2D eigenvalue weighted by Crippen LogP contribution is 2.14. The van der Waals surface area contributed by atoms with Crippen LogP contribution in [0.15, 0.2) is 47.7 Å². The molecule has 0 saturated carbocycles. The third kappa shape index (κ3) is 6.07. The van der Waals surface area contributed by atoms with E-state index < -0.39 is 0 Å². The lowest BCUT2D eigenvalue weighted by molar-refractivity contribution is 0.0600. The van der Waals surface area contributed by atoms with E-state index in [-0.39, 0.29) is 11.5 Å². The molecule has 1 aromatic carbocycles. The van der Waals surface area contributed by atoms with E-state index in [2.05, 4.69) is 4.74 Å². The molecule has 0 radical (unpaired) electrons. The summed E-state index contributed by atoms with van der Waals surface area (Å²) < 4.78 is 9.91. The van der Waals surface area contributed by atoms with Gasteiger partial charge in [0.2, 0.25) is 0 Å². The molecule has 23 heavy (non-hydrogen) atoms. The van der Waals surface area contributed by atoms with Gasteiger partial charge in [-0.15, -0.1) is 0 Å². The first-order chi connectivity index (χ1) is 11.1. The zero-order chi connectivity index (χ0) is 17.1. The van der Waals surface area contributed by atoms with Crippen LogP contribution in [0.5, 0.6) is 0 Å². The quantitative estimate of drug-likeness (QED) is 0.334. The molecular weight excluding hydrogens is 292 g/mol. The Morgan fingerprint density at radius 3 is 2.39 bits per heavy atom. The molecule has 0 aliphatic heterocycles. The van der Waals surface area contributed by atoms with E-state index in [0.29, 0.717) is 25.0 Å². The highest BCUT2D eigenvalue weighted by atomic mass is 16.5. The molecule has 5 nitrogen and oxygen atoms in total. The normalized spacial score (nSPS) is 10.2. The summed E-state index contributed by atoms with van der Waals surface area (Å²) in [5, 5.41) is 17.7. The minimum Gasteiger partial charge on any atom is -0.501 e. The van der Waals surface area contributed by atoms with Crippen molar-refractivity contribution < 1.29 is 14.3 Å². The smallest absolute Gasteiger partial charge is 0.337 e. The summed E-state index contributed by atoms with van der Waals surface area (Å²) in [6, 6.07) is 10.8. The Morgan fingerprint density at radius 1 is 1.22 bits per heavy atom. The van der Waals surface area contributed by atoms with Gasteiger partial charge in [0.05, 0.1) is 25.5 Å². The minimum atomic E-state index is -0.371. The average Bonchev–Trinajstić information content (AvgIpc) is 2.61. The molecule has 0 bridgehead atoms. The van der Waals surface area contributed by atoms with Crippen LogP contribution in [0, 0.1) is 22.7 Å². The summed E-state index contributed by atoms with van der Waals surface area (Å²) in [5.74, 6) is -0.371. The van der Waals surface area contributed by atoms with Crippen LogP contribution in [-0.2, 0) is 15.9 Å². The van der Waals surface area contributed by atoms with Crippen molar-refractivity contribution >= 4 is 5.97 Å². The van der Waals surface area contributed by atoms with Crippen LogP contribution in [0.2, 0.25) is 0 Å². The molecule has 118 valence electrons. The number of aryl methyl sites for hydroxylation is 1. The van der Waals surface area contributed by atoms with Crippen LogP contribution in [0.4, 0.5) is 0 Å². The fraction of sp³-hybridized carbons (Fsp3) is 0.278. The van der Waals surface area contributed by atoms with E-state index >= 15 is 0 Å². The maximum atomic E-state index is 11.4. The second-order valence-electron chi connectivity index (χ2n) is 4.62. The number of hydrogen-bond acceptors (Lipinski definition) is 5. The Bertz CT molecular complexity index is 658. The van der Waals surface area contributed by atoms with E-state index in [4.69, 9.17) is 15.3 Å². The summed E-state index contributed by atoms with van der Waals surface area (Å²) in [5.41, 5.74) is 2.33. The Hall–Kier alpha value is -3.05. The summed E-state index contributed by atoms with van der Waals surface area (Å²) in [6.07, 6.45) is 4.40. The van der Waals surface area contributed by atoms with Crippen molar-refractivity contribution in [2.45, 2.75) is 19.8 Å². The summed E-state index contributed by atoms with van der Waals surface area (Å²) in [6.45, 7) is 2.37. The molecule has 0 aromatic heterocycles. The molecule has 0 amide bonds. The molecular formula is C18H18N2O3. The number of nitrogens with zero attached hydrogens (tertiary/aromatic N) is 2. The number of esters is 1. The van der Waals surface area contributed by atoms with Gasteiger partial charge >= 0.3 is 5.97 Å². The minimum absolute atomic E-state index is 0.0389. The Balaban J connectivity index is 2.79. The van der Waals surface area contributed by atoms with Gasteiger partial charge in [0.1, 0.15) is 17.7 Å². The Morgan fingerprint density at radius 2 is 1.87 bits per heavy atom. The van der Waals surface area contributed by atoms with Crippen molar-refractivity contribution in [1.29, 1.82) is 10.5 Å². The first-order valence-electron chi connectivity index (χ1n) is 7.14. The SMILES string of the molecule is CCO/C=C(\C=C(C#N)C#N)CCc1ccc(C(=O)OC)cc1. The largest absolute Gasteiger partial charge is 0.501 e. The number of allylic oxidation sites excluding steroid dienone is 3. The monoisotopic (exact) mass is 310 g/mol. The van der Waals surface area contributed by atoms with Crippen molar-refractivity contribution in [2.24, 2.45) is 0 Å². The summed E-state index contributed by atoms with van der Waals surface area (Å²) >= 11 is 0. The van der Waals surface area contributed by atoms with Crippen LogP contribution in [0.3, 0.4) is 0 Å². The maximum absolute atomic E-state index is 11.4. The van der Waals surface area contributed by atoms with Crippen LogP contribution < -0.4 is 0 Å². The lowest BCUT2D eigenvalue weighted by Gasteiger charge is -2.05. The van der Waals surface area contributed by atoms with Crippen molar-refractivity contribution in [2.75, 3.05) is 13.7 Å². The van der Waals surface area contributed by atoms with Gasteiger partial charge in [0, 0.05) is 0 Å². The van der Waals surface area contributed by atoms with Gasteiger partial charge in [-0.25, -0.2) is 4.79 Å². The molecule has 0 aliphatic rings. The number of hydrogen-bond donors (Lipinski definition) is 0. The standard InChI is InChI=1S/C18H18N2O3/c1-3-23-13-15(10-16(11-19)12-20)5-4-14-6-8-17(9-7-14)18(21)22-2/h6-10,13H,3-5H2,1-2H3/b15-13-. The highest BCUT2D eigenvalue weighted by Gasteiger charge is 2.05. The molecule has 0 unspecified atom stereocenters. The van der Waals surface area contributed by atoms with Crippen LogP contribution in [0.1, 0.15) is 29.3 Å². The molecule has 1 aromatic rings. The zero-order valence-electron chi connectivity index (χ0n) is 13.2. The molecule has 0 heterocycles. The molecule has 1 rings (SSSR count). The second kappa shape index (κ2) is 9.81. The van der Waals surface area contributed by atoms with E-state index in [0.717, 1.165) is 11.1 Å². The fourth-order valence-electron chi connectivity index (χ4n) is 1.84. The number of rotatable bonds is 7. The topological polar surface area (TPSA) is 83.1 Å². The van der Waals surface area contributed by atoms with Gasteiger partial charge in [0.25, 0.3) is 0 Å². The van der Waals surface area contributed by atoms with Crippen molar-refractivity contribution in [3.63, 3.8) is 0 Å². The molecule has 0 fully saturated rings. The van der Waals surface area contributed by atoms with Crippen molar-refractivity contribution in [3.8, 4) is 12.1 Å². The molecule has 5 heteroatoms. The summed E-state index contributed by atoms with van der Waals surface area (Å²) in [7, 11) is 1.34. The van der Waals surface area contributed by atoms with Gasteiger partial charge in [0.15, 0.2) is 0 Å². The van der Waals surface area contributed by atoms with Gasteiger partial charge in [-0.1, -0.05) is 12.1 Å². The number of carbonyl (C=O) groups excluding carboxylic acids is 1. The van der Waals surface area contributed by atoms with Gasteiger partial charge in [-0.2, -0.15) is 10.5 Å². The number of ether oxygens (including phenoxy) is 2. The van der Waals surface area contributed by atoms with Gasteiger partial charge < -0.3 is 9.47 Å². The molecule has 0 aliphatic carbocycles. The first-order valence-corrected chi connectivity index (χ1v) is 7.14. The maximum Gasteiger partial charge on any atom is 0.337 e. The Labute approximate surface area is 136 Å². The first kappa shape index (κ1) is 18.0. The van der Waals surface area contributed by atoms with Gasteiger partial charge in [-0.05, 0) is 49.1 Å². The van der Waals surface area contributed by atoms with E-state index in [1.54, 1.807) is 18.4 Å². The second-order valence-corrected chi connectivity index (χ2v) is 4.62. The van der Waals surface area contributed by atoms with Crippen LogP contribution in [0.25, 0.3) is 0 Å². The molecule has 0 spiro atoms. The van der Waals surface area contributed by atoms with Crippen molar-refractivity contribution in [1.82, 2.24) is 0 Å². The third-order valence-electron chi connectivity index (χ3n) is 3.05. The van der Waals surface area contributed by atoms with Crippen LogP contribution >= 0.6 is 0 Å². The van der Waals surface area contributed by atoms with E-state index in [9.17, 15) is 4.79 Å². The highest BCUT2D eigenvalue weighted by molar-refractivity contribution is 5.89. The number of nitriles is 2. The number of methoxy groups -OCH3 is 1. The Kier molecular flexibility index (Phi) is 7.68.